The molecule has 38 heavy (non-hydrogen) atoms. The summed E-state index contributed by atoms with van der Waals surface area (Å²) in [5.74, 6) is 1.84. The Kier molecular flexibility index (Phi) is 7.16. The van der Waals surface area contributed by atoms with E-state index in [1.165, 1.54) is 63.2 Å². The number of ether oxygens (including phenoxy) is 2. The number of nitrogens with zero attached hydrogens (tertiary/aromatic N) is 2. The summed E-state index contributed by atoms with van der Waals surface area (Å²) in [6.07, 6.45) is 6.30. The van der Waals surface area contributed by atoms with Crippen LogP contribution < -0.4 is 9.47 Å². The summed E-state index contributed by atoms with van der Waals surface area (Å²) in [5, 5.41) is 2.20. The molecule has 4 nitrogen and oxygen atoms in total. The average molecular weight is 579 g/mol. The highest BCUT2D eigenvalue weighted by Gasteiger charge is 2.23. The topological polar surface area (TPSA) is 44.2 Å². The second-order valence-corrected chi connectivity index (χ2v) is 13.7. The lowest BCUT2D eigenvalue weighted by atomic mass is 10.0. The lowest BCUT2D eigenvalue weighted by Gasteiger charge is -2.08. The molecule has 4 heterocycles. The molecule has 0 aliphatic carbocycles. The molecule has 0 amide bonds. The summed E-state index contributed by atoms with van der Waals surface area (Å²) in [4.78, 5) is 5.09. The van der Waals surface area contributed by atoms with E-state index in [0.717, 1.165) is 59.6 Å². The van der Waals surface area contributed by atoms with Gasteiger partial charge in [-0.1, -0.05) is 38.3 Å². The fraction of sp³-hybridized carbons (Fsp3) is 0.333. The number of benzene rings is 2. The fourth-order valence-electron chi connectivity index (χ4n) is 5.27. The average Bonchev–Trinajstić information content (AvgIpc) is 3.70. The molecule has 0 N–H and O–H groups in total. The van der Waals surface area contributed by atoms with Gasteiger partial charge in [-0.15, -0.1) is 34.0 Å². The monoisotopic (exact) mass is 578 g/mol. The van der Waals surface area contributed by atoms with E-state index in [4.69, 9.17) is 18.2 Å². The van der Waals surface area contributed by atoms with E-state index < -0.39 is 0 Å². The van der Waals surface area contributed by atoms with E-state index in [0.29, 0.717) is 0 Å². The van der Waals surface area contributed by atoms with E-state index in [2.05, 4.69) is 51.1 Å². The molecule has 0 saturated heterocycles. The van der Waals surface area contributed by atoms with Crippen LogP contribution in [0, 0.1) is 13.8 Å². The Morgan fingerprint density at radius 2 is 1.37 bits per heavy atom. The maximum absolute atomic E-state index is 5.94. The third-order valence-electron chi connectivity index (χ3n) is 7.16. The molecule has 0 atom stereocenters. The molecule has 0 bridgehead atoms. The molecule has 8 heteroatoms. The number of thiophene rings is 3. The van der Waals surface area contributed by atoms with Crippen molar-refractivity contribution in [1.29, 1.82) is 0 Å². The van der Waals surface area contributed by atoms with Gasteiger partial charge in [0.25, 0.3) is 0 Å². The molecule has 0 radical (unpaired) electrons. The summed E-state index contributed by atoms with van der Waals surface area (Å²) in [6.45, 7) is 6.64. The van der Waals surface area contributed by atoms with Gasteiger partial charge < -0.3 is 9.47 Å². The van der Waals surface area contributed by atoms with Gasteiger partial charge in [0.2, 0.25) is 0 Å². The molecular weight excluding hydrogens is 549 g/mol. The number of unbranched alkanes of at least 4 members (excludes halogenated alkanes) is 3. The summed E-state index contributed by atoms with van der Waals surface area (Å²) in [5.41, 5.74) is 5.71. The number of hydrogen-bond donors (Lipinski definition) is 0. The van der Waals surface area contributed by atoms with E-state index in [1.54, 1.807) is 36.9 Å². The Morgan fingerprint density at radius 3 is 2.03 bits per heavy atom. The van der Waals surface area contributed by atoms with Gasteiger partial charge in [-0.3, -0.25) is 0 Å². The Bertz CT molecular complexity index is 1710. The van der Waals surface area contributed by atoms with Gasteiger partial charge >= 0.3 is 0 Å². The van der Waals surface area contributed by atoms with Gasteiger partial charge in [-0.05, 0) is 50.5 Å². The van der Waals surface area contributed by atoms with Gasteiger partial charge in [0.15, 0.2) is 0 Å². The van der Waals surface area contributed by atoms with Gasteiger partial charge in [-0.25, -0.2) is 0 Å². The van der Waals surface area contributed by atoms with Crippen molar-refractivity contribution >= 4 is 76.9 Å². The van der Waals surface area contributed by atoms with Crippen LogP contribution in [0.1, 0.15) is 47.9 Å². The van der Waals surface area contributed by atoms with Crippen LogP contribution in [0.4, 0.5) is 0 Å². The van der Waals surface area contributed by atoms with Gasteiger partial charge in [0.05, 0.1) is 35.3 Å². The van der Waals surface area contributed by atoms with Crippen LogP contribution in [0.3, 0.4) is 0 Å². The molecule has 4 aromatic heterocycles. The zero-order valence-corrected chi connectivity index (χ0v) is 25.5. The Labute approximate surface area is 239 Å². The summed E-state index contributed by atoms with van der Waals surface area (Å²) < 4.78 is 23.7. The lowest BCUT2D eigenvalue weighted by Crippen LogP contribution is -1.88. The summed E-state index contributed by atoms with van der Waals surface area (Å²) in [6, 6.07) is 11.2. The predicted molar refractivity (Wildman–Crippen MR) is 167 cm³/mol. The number of hydrogen-bond acceptors (Lipinski definition) is 8. The van der Waals surface area contributed by atoms with Crippen molar-refractivity contribution in [2.75, 3.05) is 14.2 Å². The lowest BCUT2D eigenvalue weighted by molar-refractivity contribution is 0.419. The number of fused-ring (bicyclic) bond motifs is 3. The maximum atomic E-state index is 5.94. The minimum absolute atomic E-state index is 0.918. The highest BCUT2D eigenvalue weighted by molar-refractivity contribution is 7.23. The van der Waals surface area contributed by atoms with Crippen molar-refractivity contribution in [3.05, 3.63) is 45.6 Å². The fourth-order valence-corrected chi connectivity index (χ4v) is 9.21. The standard InChI is InChI=1S/C30H30N2O2S4/c1-6-7-8-9-10-18-14-23(36-17(18)3)19-11-12-20(26-25(19)31-38-32-26)24-15-22-28(34-5)29-21(13-16(2)35-29)27(33-4)30(22)37-24/h11-15H,6-10H2,1-5H3. The summed E-state index contributed by atoms with van der Waals surface area (Å²) in [7, 11) is 3.51. The Morgan fingerprint density at radius 1 is 0.737 bits per heavy atom. The van der Waals surface area contributed by atoms with Crippen LogP contribution in [-0.2, 0) is 6.42 Å². The Balaban J connectivity index is 1.44. The van der Waals surface area contributed by atoms with E-state index in [1.807, 2.05) is 11.3 Å². The van der Waals surface area contributed by atoms with Crippen molar-refractivity contribution in [3.63, 3.8) is 0 Å². The normalized spacial score (nSPS) is 11.8. The van der Waals surface area contributed by atoms with Crippen LogP contribution in [0.15, 0.2) is 30.3 Å². The molecule has 196 valence electrons. The second-order valence-electron chi connectivity index (χ2n) is 9.64. The van der Waals surface area contributed by atoms with Crippen molar-refractivity contribution in [2.45, 2.75) is 52.9 Å². The van der Waals surface area contributed by atoms with Crippen LogP contribution in [0.2, 0.25) is 0 Å². The molecule has 6 rings (SSSR count). The number of aromatic nitrogens is 2. The minimum atomic E-state index is 0.918. The first-order valence-corrected chi connectivity index (χ1v) is 16.1. The van der Waals surface area contributed by atoms with E-state index in [9.17, 15) is 0 Å². The molecule has 0 spiro atoms. The quantitative estimate of drug-likeness (QED) is 0.160. The zero-order valence-electron chi connectivity index (χ0n) is 22.3. The molecule has 0 aliphatic heterocycles. The van der Waals surface area contributed by atoms with Gasteiger partial charge in [0, 0.05) is 41.4 Å². The first-order chi connectivity index (χ1) is 18.5. The maximum Gasteiger partial charge on any atom is 0.145 e. The van der Waals surface area contributed by atoms with Crippen molar-refractivity contribution in [3.8, 4) is 32.4 Å². The Hall–Kier alpha value is -2.52. The third kappa shape index (κ3) is 4.31. The molecule has 0 fully saturated rings. The molecule has 0 saturated carbocycles. The molecule has 6 aromatic rings. The zero-order chi connectivity index (χ0) is 26.4. The van der Waals surface area contributed by atoms with E-state index in [-0.39, 0.29) is 0 Å². The van der Waals surface area contributed by atoms with E-state index >= 15 is 0 Å². The van der Waals surface area contributed by atoms with Gasteiger partial charge in [0.1, 0.15) is 22.5 Å². The van der Waals surface area contributed by atoms with Crippen molar-refractivity contribution in [2.24, 2.45) is 0 Å². The van der Waals surface area contributed by atoms with Crippen LogP contribution in [0.25, 0.3) is 52.1 Å². The number of aryl methyl sites for hydroxylation is 3. The third-order valence-corrected chi connectivity index (χ3v) is 11.0. The first-order valence-electron chi connectivity index (χ1n) is 13.0. The minimum Gasteiger partial charge on any atom is -0.495 e. The molecule has 2 aromatic carbocycles. The highest BCUT2D eigenvalue weighted by Crippen LogP contribution is 2.51. The SMILES string of the molecule is CCCCCCc1cc(-c2ccc(-c3cc4c(OC)c5sc(C)cc5c(OC)c4s3)c3nsnc23)sc1C. The molecule has 0 aliphatic rings. The highest BCUT2D eigenvalue weighted by atomic mass is 32.1. The van der Waals surface area contributed by atoms with Crippen LogP contribution >= 0.6 is 45.7 Å². The first kappa shape index (κ1) is 25.7. The second kappa shape index (κ2) is 10.6. The summed E-state index contributed by atoms with van der Waals surface area (Å²) >= 11 is 6.65. The van der Waals surface area contributed by atoms with Crippen LogP contribution in [-0.4, -0.2) is 23.0 Å². The molecule has 0 unspecified atom stereocenters. The predicted octanol–water partition coefficient (Wildman–Crippen LogP) is 10.3. The largest absolute Gasteiger partial charge is 0.495 e. The molecular formula is C30H30N2O2S4. The van der Waals surface area contributed by atoms with Crippen LogP contribution in [0.5, 0.6) is 11.5 Å². The van der Waals surface area contributed by atoms with Crippen molar-refractivity contribution in [1.82, 2.24) is 8.75 Å². The van der Waals surface area contributed by atoms with Gasteiger partial charge in [-0.2, -0.15) is 8.75 Å². The smallest absolute Gasteiger partial charge is 0.145 e. The van der Waals surface area contributed by atoms with Crippen molar-refractivity contribution < 1.29 is 9.47 Å². The number of rotatable bonds is 9. The number of methoxy groups -OCH3 is 2.